The lowest BCUT2D eigenvalue weighted by Crippen LogP contribution is -2.46. The number of rotatable bonds is 2. The molecule has 1 N–H and O–H groups in total. The van der Waals surface area contributed by atoms with Gasteiger partial charge in [0.1, 0.15) is 11.6 Å². The van der Waals surface area contributed by atoms with Gasteiger partial charge in [-0.1, -0.05) is 46.7 Å². The number of nitrogens with zero attached hydrogens (tertiary/aromatic N) is 1. The second-order valence-electron chi connectivity index (χ2n) is 5.52. The smallest absolute Gasteiger partial charge is 0.271 e. The van der Waals surface area contributed by atoms with Crippen LogP contribution in [0.15, 0.2) is 36.4 Å². The van der Waals surface area contributed by atoms with Crippen molar-refractivity contribution in [1.82, 2.24) is 4.98 Å². The number of carbonyl (C=O) groups excluding carboxylic acids is 1. The minimum atomic E-state index is -0.777. The van der Waals surface area contributed by atoms with Crippen LogP contribution in [0, 0.1) is 0 Å². The fourth-order valence-corrected chi connectivity index (χ4v) is 3.87. The van der Waals surface area contributed by atoms with Crippen LogP contribution in [-0.2, 0) is 4.79 Å². The molecule has 0 fully saturated rings. The maximum absolute atomic E-state index is 12.6. The SMILES string of the molecule is CC1Oc2ccccc2OC1C(=O)Nc1nc2c(Cl)c(Cl)ccc2s1. The number of ether oxygens (including phenoxy) is 2. The molecule has 1 aliphatic rings. The molecule has 5 nitrogen and oxygen atoms in total. The van der Waals surface area contributed by atoms with Crippen molar-refractivity contribution in [3.05, 3.63) is 46.4 Å². The Balaban J connectivity index is 1.57. The maximum atomic E-state index is 12.6. The number of aromatic nitrogens is 1. The number of fused-ring (bicyclic) bond motifs is 2. The Morgan fingerprint density at radius 3 is 2.64 bits per heavy atom. The Morgan fingerprint density at radius 2 is 1.88 bits per heavy atom. The van der Waals surface area contributed by atoms with E-state index in [1.54, 1.807) is 25.1 Å². The molecule has 25 heavy (non-hydrogen) atoms. The van der Waals surface area contributed by atoms with E-state index in [9.17, 15) is 4.79 Å². The first kappa shape index (κ1) is 16.4. The number of hydrogen-bond donors (Lipinski definition) is 1. The van der Waals surface area contributed by atoms with E-state index in [1.165, 1.54) is 11.3 Å². The standard InChI is InChI=1S/C17H12Cl2N2O3S/c1-8-15(24-11-5-3-2-4-10(11)23-8)16(22)21-17-20-14-12(25-17)7-6-9(18)13(14)19/h2-8,15H,1H3,(H,20,21,22). The predicted octanol–water partition coefficient (Wildman–Crippen LogP) is 4.77. The van der Waals surface area contributed by atoms with Crippen LogP contribution < -0.4 is 14.8 Å². The van der Waals surface area contributed by atoms with Crippen molar-refractivity contribution in [2.45, 2.75) is 19.1 Å². The predicted molar refractivity (Wildman–Crippen MR) is 99.2 cm³/mol. The van der Waals surface area contributed by atoms with Crippen molar-refractivity contribution in [3.63, 3.8) is 0 Å². The van der Waals surface area contributed by atoms with Crippen LogP contribution in [-0.4, -0.2) is 23.1 Å². The maximum Gasteiger partial charge on any atom is 0.271 e. The van der Waals surface area contributed by atoms with Crippen molar-refractivity contribution in [2.75, 3.05) is 5.32 Å². The quantitative estimate of drug-likeness (QED) is 0.679. The van der Waals surface area contributed by atoms with E-state index in [1.807, 2.05) is 18.2 Å². The first-order valence-corrected chi connectivity index (χ1v) is 9.08. The molecular formula is C17H12Cl2N2O3S. The summed E-state index contributed by atoms with van der Waals surface area (Å²) in [6, 6.07) is 10.8. The van der Waals surface area contributed by atoms with Crippen molar-refractivity contribution in [3.8, 4) is 11.5 Å². The highest BCUT2D eigenvalue weighted by Gasteiger charge is 2.34. The largest absolute Gasteiger partial charge is 0.482 e. The van der Waals surface area contributed by atoms with Gasteiger partial charge in [-0.15, -0.1) is 0 Å². The molecule has 1 aromatic heterocycles. The van der Waals surface area contributed by atoms with Gasteiger partial charge in [-0.3, -0.25) is 10.1 Å². The molecule has 1 amide bonds. The Kier molecular flexibility index (Phi) is 4.19. The second-order valence-corrected chi connectivity index (χ2v) is 7.34. The highest BCUT2D eigenvalue weighted by molar-refractivity contribution is 7.22. The van der Waals surface area contributed by atoms with Gasteiger partial charge in [0.15, 0.2) is 16.6 Å². The van der Waals surface area contributed by atoms with Gasteiger partial charge in [0, 0.05) is 0 Å². The number of thiazole rings is 1. The number of para-hydroxylation sites is 2. The number of nitrogens with one attached hydrogen (secondary N) is 1. The Hall–Kier alpha value is -2.02. The average molecular weight is 395 g/mol. The van der Waals surface area contributed by atoms with Crippen LogP contribution in [0.3, 0.4) is 0 Å². The molecule has 2 atom stereocenters. The highest BCUT2D eigenvalue weighted by Crippen LogP contribution is 2.36. The van der Waals surface area contributed by atoms with Crippen LogP contribution in [0.5, 0.6) is 11.5 Å². The number of halogens is 2. The Morgan fingerprint density at radius 1 is 1.16 bits per heavy atom. The van der Waals surface area contributed by atoms with Gasteiger partial charge in [-0.2, -0.15) is 0 Å². The molecular weight excluding hydrogens is 383 g/mol. The van der Waals surface area contributed by atoms with E-state index in [-0.39, 0.29) is 5.91 Å². The molecule has 0 saturated heterocycles. The zero-order valence-electron chi connectivity index (χ0n) is 13.0. The van der Waals surface area contributed by atoms with Gasteiger partial charge >= 0.3 is 0 Å². The lowest BCUT2D eigenvalue weighted by Gasteiger charge is -2.30. The van der Waals surface area contributed by atoms with Gasteiger partial charge in [-0.05, 0) is 31.2 Å². The number of hydrogen-bond acceptors (Lipinski definition) is 5. The zero-order valence-corrected chi connectivity index (χ0v) is 15.3. The summed E-state index contributed by atoms with van der Waals surface area (Å²) in [5.41, 5.74) is 0.564. The van der Waals surface area contributed by atoms with Crippen molar-refractivity contribution < 1.29 is 14.3 Å². The van der Waals surface area contributed by atoms with Crippen LogP contribution in [0.25, 0.3) is 10.2 Å². The van der Waals surface area contributed by atoms with Gasteiger partial charge in [0.05, 0.1) is 14.7 Å². The fourth-order valence-electron chi connectivity index (χ4n) is 2.57. The number of anilines is 1. The summed E-state index contributed by atoms with van der Waals surface area (Å²) in [6.45, 7) is 1.79. The summed E-state index contributed by atoms with van der Waals surface area (Å²) in [7, 11) is 0. The second kappa shape index (κ2) is 6.37. The average Bonchev–Trinajstić information content (AvgIpc) is 3.01. The van der Waals surface area contributed by atoms with Crippen molar-refractivity contribution in [2.24, 2.45) is 0 Å². The molecule has 128 valence electrons. The van der Waals surface area contributed by atoms with Crippen LogP contribution in [0.1, 0.15) is 6.92 Å². The summed E-state index contributed by atoms with van der Waals surface area (Å²) in [6.07, 6.45) is -1.21. The lowest BCUT2D eigenvalue weighted by atomic mass is 10.1. The van der Waals surface area contributed by atoms with Gasteiger partial charge < -0.3 is 9.47 Å². The molecule has 0 saturated carbocycles. The van der Waals surface area contributed by atoms with E-state index in [0.29, 0.717) is 32.2 Å². The number of amides is 1. The third-order valence-electron chi connectivity index (χ3n) is 3.78. The molecule has 0 bridgehead atoms. The number of benzene rings is 2. The lowest BCUT2D eigenvalue weighted by molar-refractivity contribution is -0.128. The topological polar surface area (TPSA) is 60.5 Å². The minimum Gasteiger partial charge on any atom is -0.482 e. The van der Waals surface area contributed by atoms with E-state index in [4.69, 9.17) is 32.7 Å². The zero-order chi connectivity index (χ0) is 17.6. The highest BCUT2D eigenvalue weighted by atomic mass is 35.5. The van der Waals surface area contributed by atoms with E-state index >= 15 is 0 Å². The van der Waals surface area contributed by atoms with E-state index in [2.05, 4.69) is 10.3 Å². The summed E-state index contributed by atoms with van der Waals surface area (Å²) in [4.78, 5) is 17.0. The molecule has 4 rings (SSSR count). The molecule has 0 spiro atoms. The number of carbonyl (C=O) groups is 1. The molecule has 2 aromatic carbocycles. The first-order chi connectivity index (χ1) is 12.0. The van der Waals surface area contributed by atoms with Gasteiger partial charge in [-0.25, -0.2) is 4.98 Å². The summed E-state index contributed by atoms with van der Waals surface area (Å²) in [5.74, 6) is 0.837. The van der Waals surface area contributed by atoms with Gasteiger partial charge in [0.25, 0.3) is 5.91 Å². The van der Waals surface area contributed by atoms with Crippen molar-refractivity contribution >= 4 is 55.8 Å². The molecule has 3 aromatic rings. The molecule has 2 unspecified atom stereocenters. The molecule has 8 heteroatoms. The van der Waals surface area contributed by atoms with E-state index in [0.717, 1.165) is 4.70 Å². The summed E-state index contributed by atoms with van der Waals surface area (Å²) < 4.78 is 12.4. The normalized spacial score (nSPS) is 19.0. The molecule has 1 aliphatic heterocycles. The van der Waals surface area contributed by atoms with Crippen LogP contribution >= 0.6 is 34.5 Å². The third kappa shape index (κ3) is 3.01. The van der Waals surface area contributed by atoms with Gasteiger partial charge in [0.2, 0.25) is 6.10 Å². The fraction of sp³-hybridized carbons (Fsp3) is 0.176. The molecule has 2 heterocycles. The van der Waals surface area contributed by atoms with Crippen LogP contribution in [0.4, 0.5) is 5.13 Å². The van der Waals surface area contributed by atoms with E-state index < -0.39 is 12.2 Å². The first-order valence-electron chi connectivity index (χ1n) is 7.50. The Bertz CT molecular complexity index is 976. The Labute approximate surface area is 157 Å². The van der Waals surface area contributed by atoms with Crippen molar-refractivity contribution in [1.29, 1.82) is 0 Å². The minimum absolute atomic E-state index is 0.330. The molecule has 0 aliphatic carbocycles. The third-order valence-corrected chi connectivity index (χ3v) is 5.51. The summed E-state index contributed by atoms with van der Waals surface area (Å²) >= 11 is 13.5. The van der Waals surface area contributed by atoms with Crippen LogP contribution in [0.2, 0.25) is 10.0 Å². The summed E-state index contributed by atoms with van der Waals surface area (Å²) in [5, 5.41) is 3.99. The molecule has 0 radical (unpaired) electrons. The monoisotopic (exact) mass is 394 g/mol.